The van der Waals surface area contributed by atoms with Crippen LogP contribution in [0.1, 0.15) is 12.5 Å². The van der Waals surface area contributed by atoms with Crippen LogP contribution < -0.4 is 10.5 Å². The quantitative estimate of drug-likeness (QED) is 0.902. The molecule has 18 heavy (non-hydrogen) atoms. The highest BCUT2D eigenvalue weighted by Gasteiger charge is 2.08. The Labute approximate surface area is 112 Å². The van der Waals surface area contributed by atoms with E-state index < -0.39 is 0 Å². The third-order valence-corrected chi connectivity index (χ3v) is 2.77. The molecule has 0 bridgehead atoms. The molecule has 1 unspecified atom stereocenters. The normalized spacial score (nSPS) is 12.2. The minimum Gasteiger partial charge on any atom is -0.457 e. The second-order valence-corrected chi connectivity index (χ2v) is 4.79. The van der Waals surface area contributed by atoms with E-state index in [2.05, 4.69) is 0 Å². The average Bonchev–Trinajstić information content (AvgIpc) is 2.33. The van der Waals surface area contributed by atoms with Crippen LogP contribution in [0.4, 0.5) is 0 Å². The largest absolute Gasteiger partial charge is 0.457 e. The van der Waals surface area contributed by atoms with Crippen LogP contribution in [0, 0.1) is 0 Å². The lowest BCUT2D eigenvalue weighted by molar-refractivity contribution is 0.474. The first kappa shape index (κ1) is 12.9. The maximum absolute atomic E-state index is 6.01. The van der Waals surface area contributed by atoms with Gasteiger partial charge in [0.25, 0.3) is 0 Å². The van der Waals surface area contributed by atoms with E-state index in [0.29, 0.717) is 5.02 Å². The predicted octanol–water partition coefficient (Wildman–Crippen LogP) is 4.02. The molecule has 0 radical (unpaired) electrons. The van der Waals surface area contributed by atoms with Gasteiger partial charge in [0.1, 0.15) is 11.5 Å². The van der Waals surface area contributed by atoms with Gasteiger partial charge < -0.3 is 10.5 Å². The minimum atomic E-state index is 0.0709. The topological polar surface area (TPSA) is 35.2 Å². The molecule has 0 saturated carbocycles. The molecular formula is C15H16ClNO. The van der Waals surface area contributed by atoms with Crippen molar-refractivity contribution in [1.82, 2.24) is 0 Å². The zero-order valence-corrected chi connectivity index (χ0v) is 11.0. The first-order valence-electron chi connectivity index (χ1n) is 5.92. The van der Waals surface area contributed by atoms with E-state index in [1.165, 1.54) is 0 Å². The Morgan fingerprint density at radius 3 is 2.56 bits per heavy atom. The van der Waals surface area contributed by atoms with Crippen LogP contribution in [-0.4, -0.2) is 6.04 Å². The van der Waals surface area contributed by atoms with Crippen molar-refractivity contribution >= 4 is 11.6 Å². The van der Waals surface area contributed by atoms with Crippen LogP contribution in [-0.2, 0) is 6.42 Å². The number of nitrogens with two attached hydrogens (primary N) is 1. The summed E-state index contributed by atoms with van der Waals surface area (Å²) in [6.07, 6.45) is 0.739. The lowest BCUT2D eigenvalue weighted by Crippen LogP contribution is -2.18. The van der Waals surface area contributed by atoms with Crippen LogP contribution in [0.25, 0.3) is 0 Å². The molecule has 0 aliphatic carbocycles. The zero-order chi connectivity index (χ0) is 13.0. The number of benzene rings is 2. The highest BCUT2D eigenvalue weighted by Crippen LogP contribution is 2.28. The van der Waals surface area contributed by atoms with Gasteiger partial charge in [0, 0.05) is 11.1 Å². The van der Waals surface area contributed by atoms with E-state index in [1.54, 1.807) is 0 Å². The Balaban J connectivity index is 2.26. The van der Waals surface area contributed by atoms with Crippen LogP contribution in [0.15, 0.2) is 48.5 Å². The van der Waals surface area contributed by atoms with Crippen molar-refractivity contribution in [3.63, 3.8) is 0 Å². The molecule has 0 amide bonds. The van der Waals surface area contributed by atoms with Crippen LogP contribution in [0.3, 0.4) is 0 Å². The number of hydrogen-bond donors (Lipinski definition) is 1. The molecule has 0 fully saturated rings. The van der Waals surface area contributed by atoms with E-state index in [1.807, 2.05) is 55.5 Å². The number of para-hydroxylation sites is 1. The second kappa shape index (κ2) is 5.89. The first-order valence-corrected chi connectivity index (χ1v) is 6.30. The summed E-state index contributed by atoms with van der Waals surface area (Å²) in [5, 5.41) is 0.700. The van der Waals surface area contributed by atoms with Crippen LogP contribution >= 0.6 is 11.6 Å². The van der Waals surface area contributed by atoms with Crippen LogP contribution in [0.2, 0.25) is 5.02 Å². The summed E-state index contributed by atoms with van der Waals surface area (Å²) < 4.78 is 5.85. The lowest BCUT2D eigenvalue weighted by Gasteiger charge is -2.13. The van der Waals surface area contributed by atoms with Gasteiger partial charge in [-0.05, 0) is 49.2 Å². The van der Waals surface area contributed by atoms with Gasteiger partial charge in [-0.25, -0.2) is 0 Å². The maximum Gasteiger partial charge on any atom is 0.130 e. The molecule has 0 aliphatic rings. The van der Waals surface area contributed by atoms with Gasteiger partial charge in [0.2, 0.25) is 0 Å². The van der Waals surface area contributed by atoms with Crippen molar-refractivity contribution in [3.05, 3.63) is 59.1 Å². The molecule has 2 aromatic carbocycles. The summed E-state index contributed by atoms with van der Waals surface area (Å²) in [4.78, 5) is 0. The molecule has 2 rings (SSSR count). The Hall–Kier alpha value is -1.51. The highest BCUT2D eigenvalue weighted by atomic mass is 35.5. The standard InChI is InChI=1S/C15H16ClNO/c1-11(17)9-12-10-13(16)7-8-15(12)18-14-5-3-2-4-6-14/h2-8,10-11H,9,17H2,1H3. The molecule has 2 nitrogen and oxygen atoms in total. The molecule has 94 valence electrons. The summed E-state index contributed by atoms with van der Waals surface area (Å²) in [6, 6.07) is 15.4. The van der Waals surface area contributed by atoms with Gasteiger partial charge >= 0.3 is 0 Å². The molecule has 3 heteroatoms. The van der Waals surface area contributed by atoms with Gasteiger partial charge in [-0.15, -0.1) is 0 Å². The molecule has 0 spiro atoms. The zero-order valence-electron chi connectivity index (χ0n) is 10.3. The van der Waals surface area contributed by atoms with E-state index in [-0.39, 0.29) is 6.04 Å². The Kier molecular flexibility index (Phi) is 4.24. The first-order chi connectivity index (χ1) is 8.65. The number of ether oxygens (including phenoxy) is 1. The number of rotatable bonds is 4. The Morgan fingerprint density at radius 2 is 1.89 bits per heavy atom. The van der Waals surface area contributed by atoms with E-state index in [9.17, 15) is 0 Å². The SMILES string of the molecule is CC(N)Cc1cc(Cl)ccc1Oc1ccccc1. The third-order valence-electron chi connectivity index (χ3n) is 2.54. The summed E-state index contributed by atoms with van der Waals surface area (Å²) in [6.45, 7) is 1.97. The van der Waals surface area contributed by atoms with Crippen molar-refractivity contribution in [2.24, 2.45) is 5.73 Å². The summed E-state index contributed by atoms with van der Waals surface area (Å²) in [5.41, 5.74) is 6.87. The number of halogens is 1. The molecule has 0 heterocycles. The third kappa shape index (κ3) is 3.49. The van der Waals surface area contributed by atoms with Gasteiger partial charge in [-0.2, -0.15) is 0 Å². The van der Waals surface area contributed by atoms with Crippen molar-refractivity contribution in [2.45, 2.75) is 19.4 Å². The molecule has 0 aromatic heterocycles. The van der Waals surface area contributed by atoms with Gasteiger partial charge in [0.05, 0.1) is 0 Å². The average molecular weight is 262 g/mol. The van der Waals surface area contributed by atoms with Crippen molar-refractivity contribution in [1.29, 1.82) is 0 Å². The monoisotopic (exact) mass is 261 g/mol. The predicted molar refractivity (Wildman–Crippen MR) is 75.3 cm³/mol. The fourth-order valence-corrected chi connectivity index (χ4v) is 1.96. The minimum absolute atomic E-state index is 0.0709. The molecule has 2 N–H and O–H groups in total. The molecule has 0 saturated heterocycles. The number of hydrogen-bond acceptors (Lipinski definition) is 2. The highest BCUT2D eigenvalue weighted by molar-refractivity contribution is 6.30. The smallest absolute Gasteiger partial charge is 0.130 e. The van der Waals surface area contributed by atoms with Gasteiger partial charge in [0.15, 0.2) is 0 Å². The van der Waals surface area contributed by atoms with Crippen molar-refractivity contribution in [2.75, 3.05) is 0 Å². The molecule has 2 aromatic rings. The van der Waals surface area contributed by atoms with E-state index in [0.717, 1.165) is 23.5 Å². The Morgan fingerprint density at radius 1 is 1.17 bits per heavy atom. The van der Waals surface area contributed by atoms with Crippen molar-refractivity contribution < 1.29 is 4.74 Å². The van der Waals surface area contributed by atoms with Crippen LogP contribution in [0.5, 0.6) is 11.5 Å². The summed E-state index contributed by atoms with van der Waals surface area (Å²) in [7, 11) is 0. The maximum atomic E-state index is 6.01. The molecule has 0 aliphatic heterocycles. The van der Waals surface area contributed by atoms with Crippen molar-refractivity contribution in [3.8, 4) is 11.5 Å². The summed E-state index contributed by atoms with van der Waals surface area (Å²) >= 11 is 6.01. The molecule has 1 atom stereocenters. The van der Waals surface area contributed by atoms with Gasteiger partial charge in [-0.3, -0.25) is 0 Å². The van der Waals surface area contributed by atoms with E-state index >= 15 is 0 Å². The summed E-state index contributed by atoms with van der Waals surface area (Å²) in [5.74, 6) is 1.62. The van der Waals surface area contributed by atoms with E-state index in [4.69, 9.17) is 22.1 Å². The molecular weight excluding hydrogens is 246 g/mol. The fourth-order valence-electron chi connectivity index (χ4n) is 1.77. The fraction of sp³-hybridized carbons (Fsp3) is 0.200. The Bertz CT molecular complexity index is 511. The second-order valence-electron chi connectivity index (χ2n) is 4.35. The van der Waals surface area contributed by atoms with Gasteiger partial charge in [-0.1, -0.05) is 29.8 Å². The lowest BCUT2D eigenvalue weighted by atomic mass is 10.1.